The summed E-state index contributed by atoms with van der Waals surface area (Å²) in [5, 5.41) is 3.66. The van der Waals surface area contributed by atoms with E-state index in [4.69, 9.17) is 0 Å². The zero-order chi connectivity index (χ0) is 12.0. The van der Waals surface area contributed by atoms with Gasteiger partial charge in [0.15, 0.2) is 5.13 Å². The Balaban J connectivity index is 2.41. The molecule has 1 aromatic rings. The van der Waals surface area contributed by atoms with Gasteiger partial charge in [0, 0.05) is 28.9 Å². The number of nitrogens with one attached hydrogen (secondary N) is 1. The summed E-state index contributed by atoms with van der Waals surface area (Å²) in [7, 11) is 0.551. The van der Waals surface area contributed by atoms with Gasteiger partial charge in [-0.3, -0.25) is 4.21 Å². The lowest BCUT2D eigenvalue weighted by Gasteiger charge is -2.00. The second kappa shape index (κ2) is 6.59. The van der Waals surface area contributed by atoms with Crippen LogP contribution in [-0.2, 0) is 15.5 Å². The predicted octanol–water partition coefficient (Wildman–Crippen LogP) is 1.11. The first kappa shape index (κ1) is 13.1. The minimum Gasteiger partial charge on any atom is -0.465 e. The van der Waals surface area contributed by atoms with Crippen LogP contribution in [0.3, 0.4) is 0 Å². The molecule has 5 nitrogen and oxygen atoms in total. The third-order valence-electron chi connectivity index (χ3n) is 1.82. The Morgan fingerprint density at radius 2 is 2.44 bits per heavy atom. The first-order chi connectivity index (χ1) is 7.67. The highest BCUT2D eigenvalue weighted by atomic mass is 32.2. The molecule has 1 N–H and O–H groups in total. The molecular formula is C9H14N2O3S2. The van der Waals surface area contributed by atoms with Crippen LogP contribution in [-0.4, -0.2) is 40.3 Å². The van der Waals surface area contributed by atoms with E-state index in [2.05, 4.69) is 15.0 Å². The molecular weight excluding hydrogens is 248 g/mol. The van der Waals surface area contributed by atoms with Gasteiger partial charge in [0.25, 0.3) is 0 Å². The van der Waals surface area contributed by atoms with Crippen molar-refractivity contribution in [3.8, 4) is 0 Å². The zero-order valence-electron chi connectivity index (χ0n) is 9.19. The normalized spacial score (nSPS) is 12.1. The highest BCUT2D eigenvalue weighted by Crippen LogP contribution is 2.18. The van der Waals surface area contributed by atoms with Crippen LogP contribution >= 0.6 is 11.3 Å². The lowest BCUT2D eigenvalue weighted by atomic mass is 10.6. The van der Waals surface area contributed by atoms with Gasteiger partial charge in [-0.05, 0) is 0 Å². The van der Waals surface area contributed by atoms with Gasteiger partial charge >= 0.3 is 5.97 Å². The zero-order valence-corrected chi connectivity index (χ0v) is 10.8. The molecule has 0 aromatic carbocycles. The van der Waals surface area contributed by atoms with Crippen molar-refractivity contribution in [3.63, 3.8) is 0 Å². The first-order valence-corrected chi connectivity index (χ1v) is 7.10. The largest absolute Gasteiger partial charge is 0.465 e. The van der Waals surface area contributed by atoms with E-state index in [0.29, 0.717) is 28.1 Å². The Morgan fingerprint density at radius 3 is 3.06 bits per heavy atom. The summed E-state index contributed by atoms with van der Waals surface area (Å²) in [4.78, 5) is 15.6. The number of nitrogens with zero attached hydrogens (tertiary/aromatic N) is 1. The van der Waals surface area contributed by atoms with E-state index in [1.807, 2.05) is 6.92 Å². The van der Waals surface area contributed by atoms with E-state index in [-0.39, 0.29) is 5.97 Å². The minimum absolute atomic E-state index is 0.386. The molecule has 1 rings (SSSR count). The van der Waals surface area contributed by atoms with Crippen LogP contribution in [0.2, 0.25) is 0 Å². The van der Waals surface area contributed by atoms with Crippen LogP contribution < -0.4 is 5.32 Å². The van der Waals surface area contributed by atoms with Gasteiger partial charge in [-0.25, -0.2) is 9.78 Å². The van der Waals surface area contributed by atoms with Crippen LogP contribution in [0.1, 0.15) is 16.6 Å². The molecule has 1 heterocycles. The van der Waals surface area contributed by atoms with E-state index in [0.717, 1.165) is 0 Å². The van der Waals surface area contributed by atoms with Gasteiger partial charge in [0.1, 0.15) is 4.88 Å². The lowest BCUT2D eigenvalue weighted by molar-refractivity contribution is 0.0606. The quantitative estimate of drug-likeness (QED) is 0.778. The van der Waals surface area contributed by atoms with Crippen LogP contribution in [0.4, 0.5) is 5.13 Å². The number of ether oxygens (including phenoxy) is 1. The average molecular weight is 262 g/mol. The summed E-state index contributed by atoms with van der Waals surface area (Å²) >= 11 is 1.23. The average Bonchev–Trinajstić information content (AvgIpc) is 2.76. The van der Waals surface area contributed by atoms with Crippen LogP contribution in [0.15, 0.2) is 6.20 Å². The molecule has 0 amide bonds. The molecule has 0 saturated carbocycles. The van der Waals surface area contributed by atoms with Crippen molar-refractivity contribution >= 4 is 33.2 Å². The third kappa shape index (κ3) is 3.90. The summed E-state index contributed by atoms with van der Waals surface area (Å²) in [6.45, 7) is 2.48. The molecule has 0 spiro atoms. The number of carbonyl (C=O) groups is 1. The number of rotatable bonds is 6. The fraction of sp³-hybridized carbons (Fsp3) is 0.556. The monoisotopic (exact) mass is 262 g/mol. The van der Waals surface area contributed by atoms with Gasteiger partial charge in [-0.15, -0.1) is 0 Å². The van der Waals surface area contributed by atoms with Gasteiger partial charge in [-0.1, -0.05) is 18.3 Å². The van der Waals surface area contributed by atoms with E-state index in [1.54, 1.807) is 0 Å². The fourth-order valence-electron chi connectivity index (χ4n) is 0.967. The highest BCUT2D eigenvalue weighted by Gasteiger charge is 2.09. The smallest absolute Gasteiger partial charge is 0.349 e. The molecule has 0 fully saturated rings. The molecule has 0 aliphatic heterocycles. The molecule has 1 aromatic heterocycles. The Morgan fingerprint density at radius 1 is 1.69 bits per heavy atom. The van der Waals surface area contributed by atoms with Crippen molar-refractivity contribution in [2.45, 2.75) is 6.92 Å². The SMILES string of the molecule is CCS(=O)CCNc1ncc(C(=O)OC)s1. The summed E-state index contributed by atoms with van der Waals surface area (Å²) in [6.07, 6.45) is 1.47. The van der Waals surface area contributed by atoms with Crippen molar-refractivity contribution < 1.29 is 13.7 Å². The number of carbonyl (C=O) groups excluding carboxylic acids is 1. The molecule has 0 aliphatic rings. The Bertz CT molecular complexity index is 379. The molecule has 0 saturated heterocycles. The van der Waals surface area contributed by atoms with Gasteiger partial charge in [0.2, 0.25) is 0 Å². The van der Waals surface area contributed by atoms with Crippen LogP contribution in [0, 0.1) is 0 Å². The van der Waals surface area contributed by atoms with Crippen molar-refractivity contribution in [3.05, 3.63) is 11.1 Å². The summed E-state index contributed by atoms with van der Waals surface area (Å²) in [5.74, 6) is 0.860. The number of hydrogen-bond acceptors (Lipinski definition) is 6. The number of hydrogen-bond donors (Lipinski definition) is 1. The van der Waals surface area contributed by atoms with Crippen molar-refractivity contribution in [1.82, 2.24) is 4.98 Å². The van der Waals surface area contributed by atoms with Gasteiger partial charge < -0.3 is 10.1 Å². The predicted molar refractivity (Wildman–Crippen MR) is 65.5 cm³/mol. The fourth-order valence-corrected chi connectivity index (χ4v) is 2.35. The number of aromatic nitrogens is 1. The number of anilines is 1. The Labute approximate surface area is 101 Å². The number of thiazole rings is 1. The van der Waals surface area contributed by atoms with Crippen molar-refractivity contribution in [2.75, 3.05) is 30.5 Å². The molecule has 1 unspecified atom stereocenters. The second-order valence-corrected chi connectivity index (χ2v) is 5.78. The van der Waals surface area contributed by atoms with Crippen LogP contribution in [0.25, 0.3) is 0 Å². The standard InChI is InChI=1S/C9H14N2O3S2/c1-3-16(13)5-4-10-9-11-6-7(15-9)8(12)14-2/h6H,3-5H2,1-2H3,(H,10,11). The molecule has 0 bridgehead atoms. The highest BCUT2D eigenvalue weighted by molar-refractivity contribution is 7.84. The number of methoxy groups -OCH3 is 1. The Hall–Kier alpha value is -0.950. The van der Waals surface area contributed by atoms with E-state index in [9.17, 15) is 9.00 Å². The molecule has 0 aliphatic carbocycles. The molecule has 0 radical (unpaired) electrons. The molecule has 16 heavy (non-hydrogen) atoms. The summed E-state index contributed by atoms with van der Waals surface area (Å²) < 4.78 is 15.7. The summed E-state index contributed by atoms with van der Waals surface area (Å²) in [6, 6.07) is 0. The van der Waals surface area contributed by atoms with E-state index < -0.39 is 10.8 Å². The van der Waals surface area contributed by atoms with Crippen molar-refractivity contribution in [2.24, 2.45) is 0 Å². The third-order valence-corrected chi connectivity index (χ3v) is 4.06. The topological polar surface area (TPSA) is 68.3 Å². The van der Waals surface area contributed by atoms with Crippen LogP contribution in [0.5, 0.6) is 0 Å². The maximum absolute atomic E-state index is 11.1. The van der Waals surface area contributed by atoms with E-state index in [1.165, 1.54) is 24.6 Å². The van der Waals surface area contributed by atoms with Crippen molar-refractivity contribution in [1.29, 1.82) is 0 Å². The summed E-state index contributed by atoms with van der Waals surface area (Å²) in [5.41, 5.74) is 0. The lowest BCUT2D eigenvalue weighted by Crippen LogP contribution is -2.11. The Kier molecular flexibility index (Phi) is 5.41. The molecule has 1 atom stereocenters. The number of esters is 1. The second-order valence-electron chi connectivity index (χ2n) is 2.88. The first-order valence-electron chi connectivity index (χ1n) is 4.80. The van der Waals surface area contributed by atoms with Gasteiger partial charge in [-0.2, -0.15) is 0 Å². The molecule has 90 valence electrons. The molecule has 7 heteroatoms. The van der Waals surface area contributed by atoms with Gasteiger partial charge in [0.05, 0.1) is 13.3 Å². The maximum atomic E-state index is 11.1. The minimum atomic E-state index is -0.782. The van der Waals surface area contributed by atoms with E-state index >= 15 is 0 Å². The maximum Gasteiger partial charge on any atom is 0.349 e.